The van der Waals surface area contributed by atoms with Crippen molar-refractivity contribution in [2.45, 2.75) is 20.0 Å². The summed E-state index contributed by atoms with van der Waals surface area (Å²) in [4.78, 5) is 2.22. The van der Waals surface area contributed by atoms with Crippen molar-refractivity contribution in [2.75, 3.05) is 11.9 Å². The number of anilines is 1. The Labute approximate surface area is 102 Å². The van der Waals surface area contributed by atoms with Crippen LogP contribution in [0.25, 0.3) is 0 Å². The molecule has 0 saturated heterocycles. The number of hydrogen-bond acceptors (Lipinski definition) is 2. The van der Waals surface area contributed by atoms with Crippen molar-refractivity contribution in [2.24, 2.45) is 0 Å². The largest absolute Gasteiger partial charge is 0.481 e. The maximum Gasteiger partial charge on any atom is 0.147 e. The molecule has 1 heterocycles. The molecule has 2 nitrogen and oxygen atoms in total. The van der Waals surface area contributed by atoms with Crippen LogP contribution in [0.4, 0.5) is 5.69 Å². The third-order valence-electron chi connectivity index (χ3n) is 3.32. The van der Waals surface area contributed by atoms with Gasteiger partial charge in [-0.15, -0.1) is 0 Å². The van der Waals surface area contributed by atoms with E-state index >= 15 is 0 Å². The van der Waals surface area contributed by atoms with Crippen LogP contribution in [0, 0.1) is 13.0 Å². The fourth-order valence-corrected chi connectivity index (χ4v) is 2.36. The Bertz CT molecular complexity index is 516. The number of aryl methyl sites for hydroxylation is 1. The Hall–Kier alpha value is -1.70. The van der Waals surface area contributed by atoms with E-state index in [1.807, 2.05) is 0 Å². The molecule has 87 valence electrons. The van der Waals surface area contributed by atoms with E-state index in [1.54, 1.807) is 0 Å². The standard InChI is InChI=1S/C15H16NO/c1-10-5-7-14-13(8-10)16(3)12-6-4-11(2)9-15(12)17-14/h4-9,14H,1-3H3. The van der Waals surface area contributed by atoms with Gasteiger partial charge in [-0.1, -0.05) is 17.7 Å². The minimum Gasteiger partial charge on any atom is -0.481 e. The van der Waals surface area contributed by atoms with Gasteiger partial charge in [-0.25, -0.2) is 0 Å². The number of hydrogen-bond donors (Lipinski definition) is 0. The molecule has 0 saturated carbocycles. The maximum atomic E-state index is 6.03. The molecule has 0 aromatic heterocycles. The molecule has 0 N–H and O–H groups in total. The Kier molecular flexibility index (Phi) is 2.25. The highest BCUT2D eigenvalue weighted by atomic mass is 16.5. The Morgan fingerprint density at radius 2 is 2.06 bits per heavy atom. The number of rotatable bonds is 0. The van der Waals surface area contributed by atoms with Crippen LogP contribution >= 0.6 is 0 Å². The molecule has 1 aromatic carbocycles. The zero-order chi connectivity index (χ0) is 12.0. The maximum absolute atomic E-state index is 6.03. The molecule has 2 aliphatic rings. The van der Waals surface area contributed by atoms with Crippen molar-refractivity contribution in [1.29, 1.82) is 0 Å². The van der Waals surface area contributed by atoms with Crippen molar-refractivity contribution in [1.82, 2.24) is 0 Å². The molecule has 1 radical (unpaired) electrons. The van der Waals surface area contributed by atoms with Gasteiger partial charge in [0.1, 0.15) is 17.9 Å². The molecule has 1 unspecified atom stereocenters. The van der Waals surface area contributed by atoms with Crippen LogP contribution in [-0.2, 0) is 0 Å². The van der Waals surface area contributed by atoms with Crippen molar-refractivity contribution >= 4 is 5.69 Å². The molecular formula is C15H16NO. The number of likely N-dealkylation sites (N-methyl/N-ethyl adjacent to an activating group) is 1. The van der Waals surface area contributed by atoms with Crippen LogP contribution < -0.4 is 9.64 Å². The van der Waals surface area contributed by atoms with Crippen molar-refractivity contribution in [3.8, 4) is 5.75 Å². The van der Waals surface area contributed by atoms with E-state index < -0.39 is 0 Å². The first-order valence-electron chi connectivity index (χ1n) is 5.89. The minimum absolute atomic E-state index is 0.0537. The third-order valence-corrected chi connectivity index (χ3v) is 3.32. The topological polar surface area (TPSA) is 12.5 Å². The van der Waals surface area contributed by atoms with Gasteiger partial charge < -0.3 is 9.64 Å². The van der Waals surface area contributed by atoms with Crippen molar-refractivity contribution < 1.29 is 4.74 Å². The summed E-state index contributed by atoms with van der Waals surface area (Å²) in [5.74, 6) is 0.971. The predicted octanol–water partition coefficient (Wildman–Crippen LogP) is 3.24. The summed E-state index contributed by atoms with van der Waals surface area (Å²) < 4.78 is 6.03. The van der Waals surface area contributed by atoms with E-state index in [4.69, 9.17) is 4.74 Å². The Morgan fingerprint density at radius 3 is 2.88 bits per heavy atom. The lowest BCUT2D eigenvalue weighted by Crippen LogP contribution is -2.40. The molecule has 1 atom stereocenters. The van der Waals surface area contributed by atoms with Crippen LogP contribution in [0.3, 0.4) is 0 Å². The monoisotopic (exact) mass is 226 g/mol. The zero-order valence-electron chi connectivity index (χ0n) is 10.4. The smallest absolute Gasteiger partial charge is 0.147 e. The molecule has 1 aliphatic heterocycles. The molecular weight excluding hydrogens is 210 g/mol. The summed E-state index contributed by atoms with van der Waals surface area (Å²) in [6.45, 7) is 4.20. The number of nitrogens with zero attached hydrogens (tertiary/aromatic N) is 1. The quantitative estimate of drug-likeness (QED) is 0.673. The third kappa shape index (κ3) is 1.64. The van der Waals surface area contributed by atoms with Crippen LogP contribution in [0.1, 0.15) is 12.5 Å². The van der Waals surface area contributed by atoms with E-state index in [9.17, 15) is 0 Å². The first-order chi connectivity index (χ1) is 8.15. The van der Waals surface area contributed by atoms with Crippen LogP contribution in [0.2, 0.25) is 0 Å². The van der Waals surface area contributed by atoms with E-state index in [-0.39, 0.29) is 6.10 Å². The highest BCUT2D eigenvalue weighted by Crippen LogP contribution is 2.41. The van der Waals surface area contributed by atoms with Gasteiger partial charge in [0.2, 0.25) is 0 Å². The number of fused-ring (bicyclic) bond motifs is 2. The zero-order valence-corrected chi connectivity index (χ0v) is 10.4. The number of benzene rings is 1. The average Bonchev–Trinajstić information content (AvgIpc) is 2.30. The van der Waals surface area contributed by atoms with Crippen LogP contribution in [0.5, 0.6) is 5.75 Å². The van der Waals surface area contributed by atoms with Crippen molar-refractivity contribution in [3.05, 3.63) is 53.6 Å². The normalized spacial score (nSPS) is 22.6. The van der Waals surface area contributed by atoms with Crippen LogP contribution in [-0.4, -0.2) is 13.2 Å². The van der Waals surface area contributed by atoms with Gasteiger partial charge in [0.05, 0.1) is 5.69 Å². The van der Waals surface area contributed by atoms with E-state index in [1.165, 1.54) is 17.2 Å². The van der Waals surface area contributed by atoms with Gasteiger partial charge in [-0.2, -0.15) is 0 Å². The fourth-order valence-electron chi connectivity index (χ4n) is 2.36. The lowest BCUT2D eigenvalue weighted by molar-refractivity contribution is 0.250. The van der Waals surface area contributed by atoms with E-state index in [2.05, 4.69) is 62.2 Å². The van der Waals surface area contributed by atoms with Crippen molar-refractivity contribution in [3.63, 3.8) is 0 Å². The predicted molar refractivity (Wildman–Crippen MR) is 70.1 cm³/mol. The minimum atomic E-state index is 0.0537. The molecule has 0 bridgehead atoms. The lowest BCUT2D eigenvalue weighted by atomic mass is 9.97. The van der Waals surface area contributed by atoms with Gasteiger partial charge in [0.25, 0.3) is 0 Å². The second-order valence-corrected chi connectivity index (χ2v) is 4.74. The molecule has 2 heteroatoms. The van der Waals surface area contributed by atoms with E-state index in [0.29, 0.717) is 0 Å². The SMILES string of the molecule is CC1=C[C]2C(C=C1)Oc1cc(C)ccc1N2C. The molecule has 1 aromatic rings. The summed E-state index contributed by atoms with van der Waals surface area (Å²) in [6, 6.07) is 7.55. The number of allylic oxidation sites excluding steroid dienone is 2. The first kappa shape index (κ1) is 10.5. The average molecular weight is 226 g/mol. The molecule has 0 fully saturated rings. The molecule has 3 rings (SSSR count). The van der Waals surface area contributed by atoms with Gasteiger partial charge >= 0.3 is 0 Å². The Morgan fingerprint density at radius 1 is 1.24 bits per heavy atom. The lowest BCUT2D eigenvalue weighted by Gasteiger charge is -2.39. The summed E-state index contributed by atoms with van der Waals surface area (Å²) in [5, 5.41) is 0. The molecule has 0 amide bonds. The number of ether oxygens (including phenoxy) is 1. The Balaban J connectivity index is 2.06. The second kappa shape index (κ2) is 3.66. The molecule has 0 spiro atoms. The van der Waals surface area contributed by atoms with Crippen LogP contribution in [0.15, 0.2) is 42.0 Å². The van der Waals surface area contributed by atoms with Gasteiger partial charge in [-0.05, 0) is 43.7 Å². The molecule has 17 heavy (non-hydrogen) atoms. The van der Waals surface area contributed by atoms with Gasteiger partial charge in [0.15, 0.2) is 0 Å². The molecule has 1 aliphatic carbocycles. The highest BCUT2D eigenvalue weighted by Gasteiger charge is 2.33. The summed E-state index contributed by atoms with van der Waals surface area (Å²) >= 11 is 0. The fraction of sp³-hybridized carbons (Fsp3) is 0.267. The van der Waals surface area contributed by atoms with E-state index in [0.717, 1.165) is 11.4 Å². The second-order valence-electron chi connectivity index (χ2n) is 4.74. The highest BCUT2D eigenvalue weighted by molar-refractivity contribution is 5.66. The first-order valence-corrected chi connectivity index (χ1v) is 5.89. The summed E-state index contributed by atoms with van der Waals surface area (Å²) in [7, 11) is 2.10. The van der Waals surface area contributed by atoms with Gasteiger partial charge in [0, 0.05) is 7.05 Å². The summed E-state index contributed by atoms with van der Waals surface area (Å²) in [5.41, 5.74) is 3.63. The van der Waals surface area contributed by atoms with Gasteiger partial charge in [-0.3, -0.25) is 0 Å². The summed E-state index contributed by atoms with van der Waals surface area (Å²) in [6.07, 6.45) is 6.47.